The van der Waals surface area contributed by atoms with Crippen LogP contribution in [0.3, 0.4) is 0 Å². The van der Waals surface area contributed by atoms with Gasteiger partial charge in [0.1, 0.15) is 18.5 Å². The van der Waals surface area contributed by atoms with E-state index >= 15 is 0 Å². The second-order valence-corrected chi connectivity index (χ2v) is 8.35. The van der Waals surface area contributed by atoms with Gasteiger partial charge in [0, 0.05) is 20.0 Å². The summed E-state index contributed by atoms with van der Waals surface area (Å²) in [6.45, 7) is 4.30. The third kappa shape index (κ3) is 10.7. The van der Waals surface area contributed by atoms with E-state index in [0.717, 1.165) is 61.6 Å². The Kier molecular flexibility index (Phi) is 11.7. The summed E-state index contributed by atoms with van der Waals surface area (Å²) in [4.78, 5) is 34.8. The van der Waals surface area contributed by atoms with Crippen LogP contribution in [-0.2, 0) is 48.0 Å². The molecule has 0 amide bonds. The second kappa shape index (κ2) is 14.6. The van der Waals surface area contributed by atoms with Crippen LogP contribution in [0, 0.1) is 0 Å². The molecule has 0 spiro atoms. The smallest absolute Gasteiger partial charge is 0.310 e. The molecule has 0 radical (unpaired) electrons. The molecule has 6 nitrogen and oxygen atoms in total. The highest BCUT2D eigenvalue weighted by Crippen LogP contribution is 2.19. The summed E-state index contributed by atoms with van der Waals surface area (Å²) in [5.74, 6) is -0.369. The number of unbranched alkanes of at least 4 members (excludes halogenated alkanes) is 3. The van der Waals surface area contributed by atoms with Crippen molar-refractivity contribution in [1.82, 2.24) is 0 Å². The molecule has 0 saturated carbocycles. The van der Waals surface area contributed by atoms with E-state index in [1.807, 2.05) is 30.4 Å². The van der Waals surface area contributed by atoms with E-state index in [2.05, 4.69) is 0 Å². The number of esters is 2. The lowest BCUT2D eigenvalue weighted by molar-refractivity contribution is -0.148. The molecule has 0 fully saturated rings. The van der Waals surface area contributed by atoms with Crippen LogP contribution in [0.25, 0.3) is 0 Å². The molecule has 1 heterocycles. The third-order valence-corrected chi connectivity index (χ3v) is 5.35. The Morgan fingerprint density at radius 1 is 1.06 bits per heavy atom. The van der Waals surface area contributed by atoms with Crippen LogP contribution in [0.15, 0.2) is 30.4 Å². The van der Waals surface area contributed by atoms with Gasteiger partial charge in [0.05, 0.1) is 13.0 Å². The van der Waals surface area contributed by atoms with Crippen molar-refractivity contribution in [3.8, 4) is 0 Å². The van der Waals surface area contributed by atoms with Crippen molar-refractivity contribution < 1.29 is 28.6 Å². The minimum Gasteiger partial charge on any atom is -0.461 e. The summed E-state index contributed by atoms with van der Waals surface area (Å²) in [6.07, 6.45) is 11.1. The molecule has 1 aliphatic heterocycles. The fourth-order valence-electron chi connectivity index (χ4n) is 3.65. The van der Waals surface area contributed by atoms with Crippen molar-refractivity contribution in [3.05, 3.63) is 47.0 Å². The fourth-order valence-corrected chi connectivity index (χ4v) is 3.65. The average molecular weight is 445 g/mol. The average Bonchev–Trinajstić information content (AvgIpc) is 2.72. The second-order valence-electron chi connectivity index (χ2n) is 8.35. The fraction of sp³-hybridized carbons (Fsp3) is 0.577. The van der Waals surface area contributed by atoms with Gasteiger partial charge in [-0.15, -0.1) is 0 Å². The molecular formula is C26H36O6. The first-order valence-corrected chi connectivity index (χ1v) is 11.6. The zero-order chi connectivity index (χ0) is 23.2. The molecule has 1 aromatic carbocycles. The summed E-state index contributed by atoms with van der Waals surface area (Å²) in [5, 5.41) is 0. The summed E-state index contributed by atoms with van der Waals surface area (Å²) >= 11 is 0. The molecule has 0 aliphatic carbocycles. The van der Waals surface area contributed by atoms with E-state index in [0.29, 0.717) is 19.6 Å². The van der Waals surface area contributed by atoms with Gasteiger partial charge in [0.2, 0.25) is 0 Å². The van der Waals surface area contributed by atoms with E-state index in [-0.39, 0.29) is 36.9 Å². The molecule has 6 heteroatoms. The Labute approximate surface area is 191 Å². The Balaban J connectivity index is 1.97. The van der Waals surface area contributed by atoms with Crippen LogP contribution < -0.4 is 0 Å². The molecule has 32 heavy (non-hydrogen) atoms. The summed E-state index contributed by atoms with van der Waals surface area (Å²) in [5.41, 5.74) is 2.91. The number of aryl methyl sites for hydroxylation is 1. The summed E-state index contributed by atoms with van der Waals surface area (Å²) in [7, 11) is 0. The lowest BCUT2D eigenvalue weighted by Gasteiger charge is -2.17. The van der Waals surface area contributed by atoms with E-state index in [1.54, 1.807) is 6.92 Å². The third-order valence-electron chi connectivity index (χ3n) is 5.35. The number of rotatable bonds is 12. The Bertz CT molecular complexity index is 783. The maximum absolute atomic E-state index is 12.6. The minimum atomic E-state index is -0.351. The highest BCUT2D eigenvalue weighted by Gasteiger charge is 2.16. The standard InChI is InChI=1S/C26H36O6/c1-20(27)10-6-3-4-7-11-23-16-22(18-31-21(2)28)13-14-24(23)17-26(29)32-25-12-8-5-9-15-30-19-25/h8,12-14,16,25H,3-7,9-11,15,17-19H2,1-2H3/b12-8+. The molecule has 1 aromatic rings. The van der Waals surface area contributed by atoms with Crippen LogP contribution >= 0.6 is 0 Å². The van der Waals surface area contributed by atoms with E-state index in [9.17, 15) is 14.4 Å². The van der Waals surface area contributed by atoms with Gasteiger partial charge in [0.25, 0.3) is 0 Å². The first kappa shape index (κ1) is 25.8. The summed E-state index contributed by atoms with van der Waals surface area (Å²) < 4.78 is 16.3. The van der Waals surface area contributed by atoms with Crippen LogP contribution in [0.5, 0.6) is 0 Å². The number of Topliss-reactive ketones (excluding diaryl/α,β-unsaturated/α-hetero) is 1. The van der Waals surface area contributed by atoms with Crippen LogP contribution in [0.1, 0.15) is 75.5 Å². The van der Waals surface area contributed by atoms with E-state index in [4.69, 9.17) is 14.2 Å². The van der Waals surface area contributed by atoms with E-state index < -0.39 is 0 Å². The molecule has 2 rings (SSSR count). The lowest BCUT2D eigenvalue weighted by Crippen LogP contribution is -2.24. The molecule has 0 bridgehead atoms. The molecule has 1 unspecified atom stereocenters. The number of benzene rings is 1. The number of carbonyl (C=O) groups is 3. The predicted octanol–water partition coefficient (Wildman–Crippen LogP) is 4.65. The number of ketones is 1. The number of hydrogen-bond acceptors (Lipinski definition) is 6. The molecule has 0 aromatic heterocycles. The Morgan fingerprint density at radius 3 is 2.66 bits per heavy atom. The van der Waals surface area contributed by atoms with Gasteiger partial charge in [0.15, 0.2) is 0 Å². The lowest BCUT2D eigenvalue weighted by atomic mass is 9.96. The molecule has 1 atom stereocenters. The van der Waals surface area contributed by atoms with Crippen LogP contribution in [0.2, 0.25) is 0 Å². The van der Waals surface area contributed by atoms with E-state index in [1.165, 1.54) is 6.92 Å². The van der Waals surface area contributed by atoms with Gasteiger partial charge in [-0.1, -0.05) is 37.1 Å². The zero-order valence-corrected chi connectivity index (χ0v) is 19.4. The Morgan fingerprint density at radius 2 is 1.88 bits per heavy atom. The molecule has 0 saturated heterocycles. The minimum absolute atomic E-state index is 0.192. The monoisotopic (exact) mass is 444 g/mol. The zero-order valence-electron chi connectivity index (χ0n) is 19.4. The van der Waals surface area contributed by atoms with Crippen LogP contribution in [0.4, 0.5) is 0 Å². The predicted molar refractivity (Wildman–Crippen MR) is 122 cm³/mol. The molecule has 1 aliphatic rings. The van der Waals surface area contributed by atoms with Crippen molar-refractivity contribution in [2.45, 2.75) is 84.3 Å². The normalized spacial score (nSPS) is 17.1. The largest absolute Gasteiger partial charge is 0.461 e. The van der Waals surface area contributed by atoms with Crippen LogP contribution in [-0.4, -0.2) is 37.0 Å². The van der Waals surface area contributed by atoms with Gasteiger partial charge in [-0.05, 0) is 61.8 Å². The molecule has 176 valence electrons. The first-order valence-electron chi connectivity index (χ1n) is 11.6. The van der Waals surface area contributed by atoms with Crippen molar-refractivity contribution in [2.75, 3.05) is 13.2 Å². The van der Waals surface area contributed by atoms with Gasteiger partial charge in [-0.25, -0.2) is 0 Å². The number of carbonyl (C=O) groups excluding carboxylic acids is 3. The van der Waals surface area contributed by atoms with Gasteiger partial charge in [-0.2, -0.15) is 0 Å². The number of allylic oxidation sites excluding steroid dienone is 1. The quantitative estimate of drug-likeness (QED) is 0.265. The highest BCUT2D eigenvalue weighted by molar-refractivity contribution is 5.75. The topological polar surface area (TPSA) is 78.9 Å². The highest BCUT2D eigenvalue weighted by atomic mass is 16.6. The maximum Gasteiger partial charge on any atom is 0.310 e. The Hall–Kier alpha value is -2.47. The van der Waals surface area contributed by atoms with Crippen molar-refractivity contribution in [1.29, 1.82) is 0 Å². The number of hydrogen-bond donors (Lipinski definition) is 0. The maximum atomic E-state index is 12.6. The number of ether oxygens (including phenoxy) is 3. The SMILES string of the molecule is CC(=O)CCCCCCc1cc(COC(C)=O)ccc1CC(=O)OC1/C=C/CCCOC1. The van der Waals surface area contributed by atoms with Crippen molar-refractivity contribution in [3.63, 3.8) is 0 Å². The van der Waals surface area contributed by atoms with Crippen molar-refractivity contribution in [2.24, 2.45) is 0 Å². The molecule has 0 N–H and O–H groups in total. The van der Waals surface area contributed by atoms with Crippen molar-refractivity contribution >= 4 is 17.7 Å². The van der Waals surface area contributed by atoms with Gasteiger partial charge < -0.3 is 19.0 Å². The first-order chi connectivity index (χ1) is 15.4. The molecular weight excluding hydrogens is 408 g/mol. The van der Waals surface area contributed by atoms with Gasteiger partial charge >= 0.3 is 11.9 Å². The van der Waals surface area contributed by atoms with Gasteiger partial charge in [-0.3, -0.25) is 9.59 Å². The summed E-state index contributed by atoms with van der Waals surface area (Å²) in [6, 6.07) is 5.83.